The fraction of sp³-hybridized carbons (Fsp3) is 0.700. The first-order valence-electron chi connectivity index (χ1n) is 5.00. The molecule has 0 aliphatic carbocycles. The van der Waals surface area contributed by atoms with Crippen LogP contribution in [0.1, 0.15) is 20.3 Å². The summed E-state index contributed by atoms with van der Waals surface area (Å²) in [4.78, 5) is 4.11. The average Bonchev–Trinajstić information content (AvgIpc) is 2.63. The summed E-state index contributed by atoms with van der Waals surface area (Å²) in [6, 6.07) is 0. The zero-order valence-electron chi connectivity index (χ0n) is 8.82. The Kier molecular flexibility index (Phi) is 5.56. The van der Waals surface area contributed by atoms with Crippen LogP contribution in [0.15, 0.2) is 11.6 Å². The van der Waals surface area contributed by atoms with Crippen LogP contribution in [0.3, 0.4) is 0 Å². The van der Waals surface area contributed by atoms with Crippen LogP contribution in [0.2, 0.25) is 0 Å². The van der Waals surface area contributed by atoms with Gasteiger partial charge in [0.1, 0.15) is 0 Å². The minimum absolute atomic E-state index is 0.724. The van der Waals surface area contributed by atoms with Gasteiger partial charge in [-0.25, -0.2) is 4.98 Å². The summed E-state index contributed by atoms with van der Waals surface area (Å²) in [6.45, 7) is 6.86. The number of thiazole rings is 1. The first-order chi connectivity index (χ1) is 6.79. The molecule has 1 aromatic heterocycles. The molecule has 0 spiro atoms. The molecule has 4 heteroatoms. The van der Waals surface area contributed by atoms with E-state index in [9.17, 15) is 0 Å². The maximum atomic E-state index is 5.46. The molecule has 0 fully saturated rings. The molecular weight excluding hydrogens is 196 g/mol. The first-order valence-corrected chi connectivity index (χ1v) is 5.88. The zero-order chi connectivity index (χ0) is 10.2. The molecule has 0 amide bonds. The molecule has 1 heterocycles. The molecule has 0 aliphatic rings. The Morgan fingerprint density at radius 1 is 1.50 bits per heavy atom. The van der Waals surface area contributed by atoms with Crippen molar-refractivity contribution < 1.29 is 4.74 Å². The normalized spacial score (nSPS) is 10.8. The van der Waals surface area contributed by atoms with Crippen molar-refractivity contribution in [3.8, 4) is 0 Å². The van der Waals surface area contributed by atoms with Crippen LogP contribution >= 0.6 is 11.3 Å². The van der Waals surface area contributed by atoms with Gasteiger partial charge in [0, 0.05) is 24.7 Å². The van der Waals surface area contributed by atoms with E-state index in [1.54, 1.807) is 17.5 Å². The van der Waals surface area contributed by atoms with Gasteiger partial charge in [-0.05, 0) is 12.3 Å². The Morgan fingerprint density at radius 3 is 3.00 bits per heavy atom. The molecule has 1 N–H and O–H groups in total. The topological polar surface area (TPSA) is 34.1 Å². The van der Waals surface area contributed by atoms with Crippen molar-refractivity contribution in [1.29, 1.82) is 0 Å². The summed E-state index contributed by atoms with van der Waals surface area (Å²) in [7, 11) is 0. The predicted molar refractivity (Wildman–Crippen MR) is 60.9 cm³/mol. The number of nitrogens with one attached hydrogen (secondary N) is 1. The van der Waals surface area contributed by atoms with E-state index in [1.165, 1.54) is 0 Å². The highest BCUT2D eigenvalue weighted by Crippen LogP contribution is 2.09. The van der Waals surface area contributed by atoms with E-state index in [-0.39, 0.29) is 0 Å². The molecule has 0 aromatic carbocycles. The number of aromatic nitrogens is 1. The van der Waals surface area contributed by atoms with E-state index in [0.29, 0.717) is 0 Å². The van der Waals surface area contributed by atoms with Crippen molar-refractivity contribution >= 4 is 16.5 Å². The summed E-state index contributed by atoms with van der Waals surface area (Å²) >= 11 is 1.61. The Hall–Kier alpha value is -0.610. The lowest BCUT2D eigenvalue weighted by Crippen LogP contribution is -2.10. The van der Waals surface area contributed by atoms with Crippen molar-refractivity contribution in [2.24, 2.45) is 5.92 Å². The zero-order valence-corrected chi connectivity index (χ0v) is 9.64. The smallest absolute Gasteiger partial charge is 0.182 e. The minimum Gasteiger partial charge on any atom is -0.380 e. The van der Waals surface area contributed by atoms with E-state index < -0.39 is 0 Å². The number of rotatable bonds is 7. The van der Waals surface area contributed by atoms with Crippen molar-refractivity contribution in [3.63, 3.8) is 0 Å². The standard InChI is InChI=1S/C10H18N2OS/c1-9(2)3-6-13-7-4-11-10-12-5-8-14-10/h5,8-9H,3-4,6-7H2,1-2H3,(H,11,12). The lowest BCUT2D eigenvalue weighted by atomic mass is 10.1. The molecule has 0 aliphatic heterocycles. The van der Waals surface area contributed by atoms with Crippen molar-refractivity contribution in [2.75, 3.05) is 25.1 Å². The van der Waals surface area contributed by atoms with Gasteiger partial charge in [-0.2, -0.15) is 0 Å². The molecule has 1 aromatic rings. The average molecular weight is 214 g/mol. The van der Waals surface area contributed by atoms with Crippen molar-refractivity contribution in [3.05, 3.63) is 11.6 Å². The lowest BCUT2D eigenvalue weighted by Gasteiger charge is -2.06. The number of anilines is 1. The quantitative estimate of drug-likeness (QED) is 0.708. The number of hydrogen-bond donors (Lipinski definition) is 1. The van der Waals surface area contributed by atoms with Crippen molar-refractivity contribution in [1.82, 2.24) is 4.98 Å². The second-order valence-corrected chi connectivity index (χ2v) is 4.45. The molecule has 3 nitrogen and oxygen atoms in total. The second-order valence-electron chi connectivity index (χ2n) is 3.56. The monoisotopic (exact) mass is 214 g/mol. The number of hydrogen-bond acceptors (Lipinski definition) is 4. The van der Waals surface area contributed by atoms with E-state index in [0.717, 1.165) is 37.2 Å². The summed E-state index contributed by atoms with van der Waals surface area (Å²) in [6.07, 6.45) is 2.93. The molecule has 1 rings (SSSR count). The second kappa shape index (κ2) is 6.79. The van der Waals surface area contributed by atoms with E-state index in [4.69, 9.17) is 4.74 Å². The van der Waals surface area contributed by atoms with Crippen LogP contribution < -0.4 is 5.32 Å². The van der Waals surface area contributed by atoms with Gasteiger partial charge in [0.2, 0.25) is 0 Å². The maximum absolute atomic E-state index is 5.46. The third-order valence-corrected chi connectivity index (χ3v) is 2.53. The molecule has 0 unspecified atom stereocenters. The fourth-order valence-electron chi connectivity index (χ4n) is 0.962. The highest BCUT2D eigenvalue weighted by molar-refractivity contribution is 7.13. The molecule has 80 valence electrons. The van der Waals surface area contributed by atoms with Crippen LogP contribution in [0, 0.1) is 5.92 Å². The van der Waals surface area contributed by atoms with Crippen LogP contribution in [-0.4, -0.2) is 24.7 Å². The number of ether oxygens (including phenoxy) is 1. The van der Waals surface area contributed by atoms with Gasteiger partial charge in [-0.3, -0.25) is 0 Å². The van der Waals surface area contributed by atoms with Gasteiger partial charge >= 0.3 is 0 Å². The van der Waals surface area contributed by atoms with Crippen LogP contribution in [0.5, 0.6) is 0 Å². The van der Waals surface area contributed by atoms with Gasteiger partial charge < -0.3 is 10.1 Å². The largest absolute Gasteiger partial charge is 0.380 e. The minimum atomic E-state index is 0.724. The van der Waals surface area contributed by atoms with Gasteiger partial charge in [0.05, 0.1) is 6.61 Å². The summed E-state index contributed by atoms with van der Waals surface area (Å²) in [5, 5.41) is 6.13. The van der Waals surface area contributed by atoms with Gasteiger partial charge in [0.25, 0.3) is 0 Å². The molecule has 0 atom stereocenters. The van der Waals surface area contributed by atoms with Crippen LogP contribution in [0.4, 0.5) is 5.13 Å². The van der Waals surface area contributed by atoms with Gasteiger partial charge in [-0.1, -0.05) is 13.8 Å². The van der Waals surface area contributed by atoms with E-state index >= 15 is 0 Å². The SMILES string of the molecule is CC(C)CCOCCNc1nccs1. The Balaban J connectivity index is 1.90. The van der Waals surface area contributed by atoms with Gasteiger partial charge in [-0.15, -0.1) is 11.3 Å². The molecule has 0 saturated heterocycles. The lowest BCUT2D eigenvalue weighted by molar-refractivity contribution is 0.132. The Labute approximate surface area is 89.5 Å². The van der Waals surface area contributed by atoms with Gasteiger partial charge in [0.15, 0.2) is 5.13 Å². The molecule has 14 heavy (non-hydrogen) atoms. The van der Waals surface area contributed by atoms with E-state index in [1.807, 2.05) is 5.38 Å². The molecule has 0 bridgehead atoms. The summed E-state index contributed by atoms with van der Waals surface area (Å²) < 4.78 is 5.46. The molecular formula is C10H18N2OS. The predicted octanol–water partition coefficient (Wildman–Crippen LogP) is 2.62. The third-order valence-electron chi connectivity index (χ3n) is 1.79. The van der Waals surface area contributed by atoms with Crippen LogP contribution in [-0.2, 0) is 4.74 Å². The number of nitrogens with zero attached hydrogens (tertiary/aromatic N) is 1. The summed E-state index contributed by atoms with van der Waals surface area (Å²) in [5.74, 6) is 0.724. The summed E-state index contributed by atoms with van der Waals surface area (Å²) in [5.41, 5.74) is 0. The van der Waals surface area contributed by atoms with Crippen LogP contribution in [0.25, 0.3) is 0 Å². The van der Waals surface area contributed by atoms with E-state index in [2.05, 4.69) is 24.1 Å². The Bertz CT molecular complexity index is 224. The highest BCUT2D eigenvalue weighted by atomic mass is 32.1. The molecule has 0 saturated carbocycles. The first kappa shape index (κ1) is 11.5. The highest BCUT2D eigenvalue weighted by Gasteiger charge is 1.95. The maximum Gasteiger partial charge on any atom is 0.182 e. The third kappa shape index (κ3) is 5.19. The Morgan fingerprint density at radius 2 is 2.36 bits per heavy atom. The molecule has 0 radical (unpaired) electrons. The van der Waals surface area contributed by atoms with Crippen molar-refractivity contribution in [2.45, 2.75) is 20.3 Å². The fourth-order valence-corrected chi connectivity index (χ4v) is 1.52.